The topological polar surface area (TPSA) is 39.1 Å². The first-order valence-corrected chi connectivity index (χ1v) is 7.10. The van der Waals surface area contributed by atoms with Gasteiger partial charge in [-0.05, 0) is 63.5 Å². The second-order valence-electron chi connectivity index (χ2n) is 5.61. The van der Waals surface area contributed by atoms with E-state index < -0.39 is 0 Å². The third-order valence-corrected chi connectivity index (χ3v) is 4.10. The maximum atomic E-state index is 8.66. The highest BCUT2D eigenvalue weighted by Gasteiger charge is 2.21. The molecule has 0 spiro atoms. The van der Waals surface area contributed by atoms with Crippen LogP contribution in [0.2, 0.25) is 0 Å². The lowest BCUT2D eigenvalue weighted by atomic mass is 9.90. The van der Waals surface area contributed by atoms with Crippen molar-refractivity contribution in [3.05, 3.63) is 29.8 Å². The summed E-state index contributed by atoms with van der Waals surface area (Å²) in [5, 5.41) is 12.3. The van der Waals surface area contributed by atoms with Crippen molar-refractivity contribution < 1.29 is 0 Å². The van der Waals surface area contributed by atoms with Crippen LogP contribution in [0.3, 0.4) is 0 Å². The summed E-state index contributed by atoms with van der Waals surface area (Å²) in [5.41, 5.74) is 2.24. The Kier molecular flexibility index (Phi) is 4.81. The third-order valence-electron chi connectivity index (χ3n) is 4.10. The lowest BCUT2D eigenvalue weighted by Crippen LogP contribution is -2.37. The predicted octanol–water partition coefficient (Wildman–Crippen LogP) is 2.89. The number of nitrogens with one attached hydrogen (secondary N) is 1. The summed E-state index contributed by atoms with van der Waals surface area (Å²) in [5.74, 6) is 0.759. The van der Waals surface area contributed by atoms with E-state index in [1.54, 1.807) is 0 Å². The van der Waals surface area contributed by atoms with E-state index >= 15 is 0 Å². The third kappa shape index (κ3) is 3.97. The predicted molar refractivity (Wildman–Crippen MR) is 79.1 cm³/mol. The van der Waals surface area contributed by atoms with Crippen LogP contribution in [0.25, 0.3) is 0 Å². The molecule has 1 N–H and O–H groups in total. The first-order chi connectivity index (χ1) is 9.19. The van der Waals surface area contributed by atoms with E-state index in [0.717, 1.165) is 17.2 Å². The lowest BCUT2D eigenvalue weighted by molar-refractivity contribution is 0.208. The Morgan fingerprint density at radius 1 is 1.32 bits per heavy atom. The van der Waals surface area contributed by atoms with Crippen LogP contribution in [0.15, 0.2) is 24.3 Å². The molecule has 19 heavy (non-hydrogen) atoms. The van der Waals surface area contributed by atoms with E-state index in [9.17, 15) is 0 Å². The molecular formula is C16H23N3. The molecule has 0 bridgehead atoms. The van der Waals surface area contributed by atoms with Crippen LogP contribution in [-0.2, 0) is 6.42 Å². The van der Waals surface area contributed by atoms with Crippen molar-refractivity contribution >= 4 is 5.69 Å². The molecule has 2 rings (SSSR count). The fourth-order valence-corrected chi connectivity index (χ4v) is 2.72. The number of hydrogen-bond acceptors (Lipinski definition) is 3. The van der Waals surface area contributed by atoms with Crippen molar-refractivity contribution in [3.63, 3.8) is 0 Å². The summed E-state index contributed by atoms with van der Waals surface area (Å²) in [6.45, 7) is 4.69. The Balaban J connectivity index is 1.88. The zero-order chi connectivity index (χ0) is 13.7. The number of piperidine rings is 1. The van der Waals surface area contributed by atoms with Crippen LogP contribution >= 0.6 is 0 Å². The molecule has 1 aromatic carbocycles. The standard InChI is InChI=1S/C16H23N3/c1-13(15-8-11-19(2)12-9-15)18-16-5-3-14(4-6-16)7-10-17/h3-6,13,15,18H,7-9,11-12H2,1-2H3. The minimum absolute atomic E-state index is 0.491. The average Bonchev–Trinajstić information content (AvgIpc) is 2.42. The molecule has 3 nitrogen and oxygen atoms in total. The van der Waals surface area contributed by atoms with Gasteiger partial charge < -0.3 is 10.2 Å². The van der Waals surface area contributed by atoms with Gasteiger partial charge in [0.25, 0.3) is 0 Å². The molecule has 1 unspecified atom stereocenters. The van der Waals surface area contributed by atoms with Crippen molar-refractivity contribution in [3.8, 4) is 6.07 Å². The molecule has 1 aliphatic rings. The average molecular weight is 257 g/mol. The Hall–Kier alpha value is -1.53. The minimum Gasteiger partial charge on any atom is -0.382 e. The molecule has 1 aromatic rings. The highest BCUT2D eigenvalue weighted by molar-refractivity contribution is 5.45. The SMILES string of the molecule is CC(Nc1ccc(CC#N)cc1)C1CCN(C)CC1. The van der Waals surface area contributed by atoms with Gasteiger partial charge in [-0.25, -0.2) is 0 Å². The zero-order valence-corrected chi connectivity index (χ0v) is 11.9. The fourth-order valence-electron chi connectivity index (χ4n) is 2.72. The molecule has 0 saturated carbocycles. The molecule has 0 amide bonds. The molecule has 0 radical (unpaired) electrons. The first kappa shape index (κ1) is 13.9. The van der Waals surface area contributed by atoms with Crippen molar-refractivity contribution in [2.45, 2.75) is 32.2 Å². The van der Waals surface area contributed by atoms with Crippen LogP contribution in [0.5, 0.6) is 0 Å². The number of hydrogen-bond donors (Lipinski definition) is 1. The summed E-state index contributed by atoms with van der Waals surface area (Å²) in [6, 6.07) is 10.9. The van der Waals surface area contributed by atoms with E-state index in [-0.39, 0.29) is 0 Å². The molecule has 3 heteroatoms. The Morgan fingerprint density at radius 2 is 1.95 bits per heavy atom. The van der Waals surface area contributed by atoms with Crippen molar-refractivity contribution in [1.29, 1.82) is 5.26 Å². The van der Waals surface area contributed by atoms with Gasteiger partial charge in [0.15, 0.2) is 0 Å². The molecule has 1 atom stereocenters. The second-order valence-corrected chi connectivity index (χ2v) is 5.61. The van der Waals surface area contributed by atoms with Gasteiger partial charge >= 0.3 is 0 Å². The lowest BCUT2D eigenvalue weighted by Gasteiger charge is -2.33. The number of nitrogens with zero attached hydrogens (tertiary/aromatic N) is 2. The second kappa shape index (κ2) is 6.58. The van der Waals surface area contributed by atoms with Crippen LogP contribution in [0, 0.1) is 17.2 Å². The molecule has 1 heterocycles. The number of likely N-dealkylation sites (tertiary alicyclic amines) is 1. The molecular weight excluding hydrogens is 234 g/mol. The monoisotopic (exact) mass is 257 g/mol. The first-order valence-electron chi connectivity index (χ1n) is 7.10. The summed E-state index contributed by atoms with van der Waals surface area (Å²) < 4.78 is 0. The largest absolute Gasteiger partial charge is 0.382 e. The van der Waals surface area contributed by atoms with Crippen LogP contribution in [0.1, 0.15) is 25.3 Å². The number of anilines is 1. The number of benzene rings is 1. The van der Waals surface area contributed by atoms with Crippen LogP contribution in [-0.4, -0.2) is 31.1 Å². The maximum Gasteiger partial charge on any atom is 0.0669 e. The number of nitriles is 1. The molecule has 1 saturated heterocycles. The van der Waals surface area contributed by atoms with Crippen LogP contribution < -0.4 is 5.32 Å². The van der Waals surface area contributed by atoms with E-state index in [0.29, 0.717) is 12.5 Å². The van der Waals surface area contributed by atoms with Gasteiger partial charge in [0.2, 0.25) is 0 Å². The summed E-state index contributed by atoms with van der Waals surface area (Å²) in [6.07, 6.45) is 3.04. The highest BCUT2D eigenvalue weighted by Crippen LogP contribution is 2.22. The van der Waals surface area contributed by atoms with Gasteiger partial charge in [0.1, 0.15) is 0 Å². The van der Waals surface area contributed by atoms with Crippen molar-refractivity contribution in [2.75, 3.05) is 25.5 Å². The van der Waals surface area contributed by atoms with Gasteiger partial charge in [0.05, 0.1) is 12.5 Å². The van der Waals surface area contributed by atoms with E-state index in [1.807, 2.05) is 12.1 Å². The highest BCUT2D eigenvalue weighted by atomic mass is 15.1. The van der Waals surface area contributed by atoms with E-state index in [4.69, 9.17) is 5.26 Å². The maximum absolute atomic E-state index is 8.66. The fraction of sp³-hybridized carbons (Fsp3) is 0.562. The minimum atomic E-state index is 0.491. The van der Waals surface area contributed by atoms with E-state index in [2.05, 4.69) is 42.4 Å². The Morgan fingerprint density at radius 3 is 2.53 bits per heavy atom. The Labute approximate surface area is 116 Å². The van der Waals surface area contributed by atoms with Crippen LogP contribution in [0.4, 0.5) is 5.69 Å². The van der Waals surface area contributed by atoms with Gasteiger partial charge in [-0.15, -0.1) is 0 Å². The smallest absolute Gasteiger partial charge is 0.0669 e. The molecule has 0 aromatic heterocycles. The van der Waals surface area contributed by atoms with Gasteiger partial charge in [-0.1, -0.05) is 12.1 Å². The normalized spacial score (nSPS) is 18.8. The molecule has 0 aliphatic carbocycles. The van der Waals surface area contributed by atoms with Crippen molar-refractivity contribution in [1.82, 2.24) is 4.90 Å². The summed E-state index contributed by atoms with van der Waals surface area (Å²) in [4.78, 5) is 2.40. The molecule has 102 valence electrons. The zero-order valence-electron chi connectivity index (χ0n) is 11.9. The van der Waals surface area contributed by atoms with Gasteiger partial charge in [-0.2, -0.15) is 5.26 Å². The Bertz CT molecular complexity index is 424. The quantitative estimate of drug-likeness (QED) is 0.901. The molecule has 1 aliphatic heterocycles. The van der Waals surface area contributed by atoms with Crippen molar-refractivity contribution in [2.24, 2.45) is 5.92 Å². The molecule has 1 fully saturated rings. The van der Waals surface area contributed by atoms with Gasteiger partial charge in [0, 0.05) is 11.7 Å². The van der Waals surface area contributed by atoms with E-state index in [1.165, 1.54) is 25.9 Å². The summed E-state index contributed by atoms with van der Waals surface area (Å²) in [7, 11) is 2.20. The van der Waals surface area contributed by atoms with Gasteiger partial charge in [-0.3, -0.25) is 0 Å². The summed E-state index contributed by atoms with van der Waals surface area (Å²) >= 11 is 0. The number of rotatable bonds is 4.